The van der Waals surface area contributed by atoms with Crippen LogP contribution in [0.1, 0.15) is 12.8 Å². The molecule has 5 nitrogen and oxygen atoms in total. The number of imidazole rings is 1. The van der Waals surface area contributed by atoms with Crippen LogP contribution in [0.5, 0.6) is 0 Å². The van der Waals surface area contributed by atoms with Gasteiger partial charge in [-0.1, -0.05) is 18.2 Å². The van der Waals surface area contributed by atoms with Gasteiger partial charge in [0.2, 0.25) is 5.91 Å². The molecule has 0 spiro atoms. The summed E-state index contributed by atoms with van der Waals surface area (Å²) in [7, 11) is 0. The van der Waals surface area contributed by atoms with E-state index in [2.05, 4.69) is 21.8 Å². The molecule has 23 heavy (non-hydrogen) atoms. The largest absolute Gasteiger partial charge is 0.356 e. The number of carbonyl (C=O) groups is 1. The fourth-order valence-electron chi connectivity index (χ4n) is 3.18. The maximum absolute atomic E-state index is 12.1. The number of nitrogens with one attached hydrogen (secondary N) is 1. The monoisotopic (exact) mass is 312 g/mol. The third-order valence-corrected chi connectivity index (χ3v) is 4.45. The highest BCUT2D eigenvalue weighted by molar-refractivity contribution is 5.77. The van der Waals surface area contributed by atoms with Gasteiger partial charge < -0.3 is 9.88 Å². The standard InChI is InChI=1S/C18H24N4O/c1-2-9-21-10-7-15(13-21)12-19-18(23)8-11-22-14-20-16-5-3-4-6-17(16)22/h2-6,14-15H,1,7-13H2,(H,19,23). The number of benzene rings is 1. The molecular formula is C18H24N4O. The molecule has 1 fully saturated rings. The van der Waals surface area contributed by atoms with Crippen LogP contribution in [0.25, 0.3) is 11.0 Å². The Labute approximate surface area is 137 Å². The fraction of sp³-hybridized carbons (Fsp3) is 0.444. The summed E-state index contributed by atoms with van der Waals surface area (Å²) >= 11 is 0. The van der Waals surface area contributed by atoms with Crippen molar-refractivity contribution in [3.8, 4) is 0 Å². The number of rotatable bonds is 7. The van der Waals surface area contributed by atoms with Crippen molar-refractivity contribution in [3.63, 3.8) is 0 Å². The van der Waals surface area contributed by atoms with Crippen molar-refractivity contribution in [3.05, 3.63) is 43.2 Å². The summed E-state index contributed by atoms with van der Waals surface area (Å²) in [6.45, 7) is 8.32. The Balaban J connectivity index is 1.42. The summed E-state index contributed by atoms with van der Waals surface area (Å²) in [6.07, 6.45) is 5.39. The molecule has 1 amide bonds. The van der Waals surface area contributed by atoms with Gasteiger partial charge in [-0.3, -0.25) is 9.69 Å². The second-order valence-electron chi connectivity index (χ2n) is 6.18. The molecule has 1 aromatic carbocycles. The first-order chi connectivity index (χ1) is 11.3. The highest BCUT2D eigenvalue weighted by Crippen LogP contribution is 2.15. The number of carbonyl (C=O) groups excluding carboxylic acids is 1. The Hall–Kier alpha value is -2.14. The van der Waals surface area contributed by atoms with E-state index < -0.39 is 0 Å². The normalized spacial score (nSPS) is 18.3. The van der Waals surface area contributed by atoms with Gasteiger partial charge in [0.25, 0.3) is 0 Å². The summed E-state index contributed by atoms with van der Waals surface area (Å²) in [4.78, 5) is 18.8. The lowest BCUT2D eigenvalue weighted by molar-refractivity contribution is -0.121. The maximum Gasteiger partial charge on any atom is 0.221 e. The lowest BCUT2D eigenvalue weighted by Gasteiger charge is -2.14. The fourth-order valence-corrected chi connectivity index (χ4v) is 3.18. The van der Waals surface area contributed by atoms with Crippen LogP contribution in [0, 0.1) is 5.92 Å². The smallest absolute Gasteiger partial charge is 0.221 e. The molecule has 122 valence electrons. The molecule has 1 unspecified atom stereocenters. The van der Waals surface area contributed by atoms with Gasteiger partial charge in [0, 0.05) is 32.6 Å². The first-order valence-electron chi connectivity index (χ1n) is 8.26. The molecule has 2 heterocycles. The molecule has 3 rings (SSSR count). The summed E-state index contributed by atoms with van der Waals surface area (Å²) in [5.41, 5.74) is 2.05. The average molecular weight is 312 g/mol. The Morgan fingerprint density at radius 1 is 1.43 bits per heavy atom. The average Bonchev–Trinajstić information content (AvgIpc) is 3.18. The van der Waals surface area contributed by atoms with Crippen LogP contribution in [0.15, 0.2) is 43.2 Å². The first kappa shape index (κ1) is 15.7. The second kappa shape index (κ2) is 7.42. The third-order valence-electron chi connectivity index (χ3n) is 4.45. The van der Waals surface area contributed by atoms with Crippen molar-refractivity contribution in [2.75, 3.05) is 26.2 Å². The Kier molecular flexibility index (Phi) is 5.08. The molecule has 1 aromatic heterocycles. The van der Waals surface area contributed by atoms with E-state index >= 15 is 0 Å². The zero-order valence-electron chi connectivity index (χ0n) is 13.4. The van der Waals surface area contributed by atoms with Crippen LogP contribution in [-0.2, 0) is 11.3 Å². The lowest BCUT2D eigenvalue weighted by Crippen LogP contribution is -2.31. The molecule has 1 atom stereocenters. The SMILES string of the molecule is C=CCN1CCC(CNC(=O)CCn2cnc3ccccc32)C1. The Morgan fingerprint density at radius 2 is 2.30 bits per heavy atom. The van der Waals surface area contributed by atoms with Gasteiger partial charge in [-0.05, 0) is 31.0 Å². The number of amides is 1. The van der Waals surface area contributed by atoms with Gasteiger partial charge in [0.05, 0.1) is 17.4 Å². The molecule has 0 aliphatic carbocycles. The summed E-state index contributed by atoms with van der Waals surface area (Å²) < 4.78 is 2.04. The van der Waals surface area contributed by atoms with Gasteiger partial charge in [-0.25, -0.2) is 4.98 Å². The number of aromatic nitrogens is 2. The van der Waals surface area contributed by atoms with Gasteiger partial charge in [-0.15, -0.1) is 6.58 Å². The number of nitrogens with zero attached hydrogens (tertiary/aromatic N) is 3. The summed E-state index contributed by atoms with van der Waals surface area (Å²) in [6, 6.07) is 7.99. The summed E-state index contributed by atoms with van der Waals surface area (Å²) in [5.74, 6) is 0.679. The van der Waals surface area contributed by atoms with Crippen molar-refractivity contribution in [2.24, 2.45) is 5.92 Å². The minimum atomic E-state index is 0.116. The van der Waals surface area contributed by atoms with Gasteiger partial charge in [0.15, 0.2) is 0 Å². The van der Waals surface area contributed by atoms with E-state index in [1.54, 1.807) is 0 Å². The molecule has 2 aromatic rings. The molecule has 0 bridgehead atoms. The molecule has 1 saturated heterocycles. The molecule has 1 aliphatic rings. The van der Waals surface area contributed by atoms with Crippen molar-refractivity contribution in [1.29, 1.82) is 0 Å². The zero-order valence-corrected chi connectivity index (χ0v) is 13.4. The first-order valence-corrected chi connectivity index (χ1v) is 8.26. The van der Waals surface area contributed by atoms with E-state index in [1.807, 2.05) is 41.2 Å². The molecule has 0 radical (unpaired) electrons. The number of aryl methyl sites for hydroxylation is 1. The van der Waals surface area contributed by atoms with Crippen LogP contribution in [-0.4, -0.2) is 46.5 Å². The number of para-hydroxylation sites is 2. The molecular weight excluding hydrogens is 288 g/mol. The van der Waals surface area contributed by atoms with Crippen molar-refractivity contribution in [1.82, 2.24) is 19.8 Å². The molecule has 1 aliphatic heterocycles. The molecule has 0 saturated carbocycles. The second-order valence-corrected chi connectivity index (χ2v) is 6.18. The predicted octanol–water partition coefficient (Wildman–Crippen LogP) is 2.05. The Morgan fingerprint density at radius 3 is 3.17 bits per heavy atom. The summed E-state index contributed by atoms with van der Waals surface area (Å²) in [5, 5.41) is 3.07. The lowest BCUT2D eigenvalue weighted by atomic mass is 10.1. The van der Waals surface area contributed by atoms with Gasteiger partial charge in [0.1, 0.15) is 0 Å². The highest BCUT2D eigenvalue weighted by Gasteiger charge is 2.21. The number of fused-ring (bicyclic) bond motifs is 1. The van der Waals surface area contributed by atoms with Crippen LogP contribution in [0.2, 0.25) is 0 Å². The van der Waals surface area contributed by atoms with Crippen molar-refractivity contribution < 1.29 is 4.79 Å². The van der Waals surface area contributed by atoms with E-state index in [1.165, 1.54) is 0 Å². The number of hydrogen-bond donors (Lipinski definition) is 1. The Bertz CT molecular complexity index is 678. The number of likely N-dealkylation sites (tertiary alicyclic amines) is 1. The van der Waals surface area contributed by atoms with E-state index in [0.717, 1.165) is 43.6 Å². The van der Waals surface area contributed by atoms with Gasteiger partial charge >= 0.3 is 0 Å². The van der Waals surface area contributed by atoms with Crippen LogP contribution in [0.4, 0.5) is 0 Å². The molecule has 5 heteroatoms. The van der Waals surface area contributed by atoms with Crippen LogP contribution >= 0.6 is 0 Å². The zero-order chi connectivity index (χ0) is 16.1. The minimum absolute atomic E-state index is 0.116. The number of hydrogen-bond acceptors (Lipinski definition) is 3. The van der Waals surface area contributed by atoms with E-state index in [-0.39, 0.29) is 5.91 Å². The maximum atomic E-state index is 12.1. The predicted molar refractivity (Wildman–Crippen MR) is 92.1 cm³/mol. The van der Waals surface area contributed by atoms with E-state index in [4.69, 9.17) is 0 Å². The minimum Gasteiger partial charge on any atom is -0.356 e. The topological polar surface area (TPSA) is 50.2 Å². The van der Waals surface area contributed by atoms with Crippen molar-refractivity contribution in [2.45, 2.75) is 19.4 Å². The quantitative estimate of drug-likeness (QED) is 0.796. The van der Waals surface area contributed by atoms with Crippen LogP contribution in [0.3, 0.4) is 0 Å². The van der Waals surface area contributed by atoms with Gasteiger partial charge in [-0.2, -0.15) is 0 Å². The van der Waals surface area contributed by atoms with E-state index in [9.17, 15) is 4.79 Å². The third kappa shape index (κ3) is 3.99. The van der Waals surface area contributed by atoms with E-state index in [0.29, 0.717) is 18.9 Å². The van der Waals surface area contributed by atoms with Crippen LogP contribution < -0.4 is 5.32 Å². The van der Waals surface area contributed by atoms with Crippen molar-refractivity contribution >= 4 is 16.9 Å². The highest BCUT2D eigenvalue weighted by atomic mass is 16.1. The molecule has 1 N–H and O–H groups in total.